The average molecular weight is 414 g/mol. The molecule has 31 heavy (non-hydrogen) atoms. The fourth-order valence-electron chi connectivity index (χ4n) is 3.27. The number of ether oxygens (including phenoxy) is 3. The zero-order chi connectivity index (χ0) is 21.8. The SMILES string of the molecule is CCc1ccc(C=C2Oc3cc(OCC(=O)c4ccc(OC)cc4)ccc3C2=O)cc1. The number of aryl methyl sites for hydroxylation is 1. The van der Waals surface area contributed by atoms with Crippen LogP contribution in [0.5, 0.6) is 17.2 Å². The molecule has 1 aliphatic rings. The van der Waals surface area contributed by atoms with Crippen molar-refractivity contribution in [1.29, 1.82) is 0 Å². The van der Waals surface area contributed by atoms with Gasteiger partial charge in [0.05, 0.1) is 12.7 Å². The smallest absolute Gasteiger partial charge is 0.231 e. The summed E-state index contributed by atoms with van der Waals surface area (Å²) in [6.45, 7) is 1.98. The van der Waals surface area contributed by atoms with Crippen molar-refractivity contribution in [3.63, 3.8) is 0 Å². The summed E-state index contributed by atoms with van der Waals surface area (Å²) in [5, 5.41) is 0. The van der Waals surface area contributed by atoms with Crippen molar-refractivity contribution < 1.29 is 23.8 Å². The lowest BCUT2D eigenvalue weighted by atomic mass is 10.1. The Morgan fingerprint density at radius 2 is 1.68 bits per heavy atom. The van der Waals surface area contributed by atoms with Crippen molar-refractivity contribution in [2.24, 2.45) is 0 Å². The second-order valence-electron chi connectivity index (χ2n) is 7.13. The summed E-state index contributed by atoms with van der Waals surface area (Å²) in [6, 6.07) is 19.8. The number of rotatable bonds is 7. The van der Waals surface area contributed by atoms with Crippen molar-refractivity contribution in [1.82, 2.24) is 0 Å². The maximum Gasteiger partial charge on any atom is 0.231 e. The van der Waals surface area contributed by atoms with Crippen LogP contribution >= 0.6 is 0 Å². The zero-order valence-electron chi connectivity index (χ0n) is 17.4. The average Bonchev–Trinajstić information content (AvgIpc) is 3.12. The summed E-state index contributed by atoms with van der Waals surface area (Å²) >= 11 is 0. The van der Waals surface area contributed by atoms with E-state index < -0.39 is 0 Å². The molecule has 5 nitrogen and oxygen atoms in total. The third-order valence-corrected chi connectivity index (χ3v) is 5.11. The van der Waals surface area contributed by atoms with Gasteiger partial charge >= 0.3 is 0 Å². The monoisotopic (exact) mass is 414 g/mol. The maximum absolute atomic E-state index is 12.6. The van der Waals surface area contributed by atoms with Crippen LogP contribution in [0.2, 0.25) is 0 Å². The van der Waals surface area contributed by atoms with Crippen molar-refractivity contribution in [2.75, 3.05) is 13.7 Å². The lowest BCUT2D eigenvalue weighted by molar-refractivity contribution is 0.0920. The summed E-state index contributed by atoms with van der Waals surface area (Å²) < 4.78 is 16.5. The normalized spacial score (nSPS) is 13.6. The van der Waals surface area contributed by atoms with Crippen LogP contribution in [-0.2, 0) is 6.42 Å². The van der Waals surface area contributed by atoms with Crippen molar-refractivity contribution in [3.8, 4) is 17.2 Å². The van der Waals surface area contributed by atoms with Gasteiger partial charge in [0.1, 0.15) is 17.2 Å². The third-order valence-electron chi connectivity index (χ3n) is 5.11. The minimum absolute atomic E-state index is 0.120. The van der Waals surface area contributed by atoms with Gasteiger partial charge in [-0.1, -0.05) is 31.2 Å². The maximum atomic E-state index is 12.6. The van der Waals surface area contributed by atoms with E-state index in [2.05, 4.69) is 6.92 Å². The molecule has 0 radical (unpaired) electrons. The first-order valence-corrected chi connectivity index (χ1v) is 10.0. The molecule has 3 aromatic rings. The van der Waals surface area contributed by atoms with Gasteiger partial charge in [0, 0.05) is 11.6 Å². The minimum Gasteiger partial charge on any atom is -0.497 e. The number of fused-ring (bicyclic) bond motifs is 1. The van der Waals surface area contributed by atoms with Crippen LogP contribution in [0.25, 0.3) is 6.08 Å². The molecule has 0 saturated carbocycles. The first-order chi connectivity index (χ1) is 15.1. The van der Waals surface area contributed by atoms with E-state index in [0.29, 0.717) is 28.4 Å². The summed E-state index contributed by atoms with van der Waals surface area (Å²) in [5.74, 6) is 1.51. The summed E-state index contributed by atoms with van der Waals surface area (Å²) in [4.78, 5) is 25.0. The van der Waals surface area contributed by atoms with Crippen LogP contribution in [0.4, 0.5) is 0 Å². The van der Waals surface area contributed by atoms with E-state index in [1.165, 1.54) is 5.56 Å². The predicted molar refractivity (Wildman–Crippen MR) is 118 cm³/mol. The predicted octanol–water partition coefficient (Wildman–Crippen LogP) is 5.14. The van der Waals surface area contributed by atoms with Crippen molar-refractivity contribution in [3.05, 3.63) is 94.7 Å². The topological polar surface area (TPSA) is 61.8 Å². The quantitative estimate of drug-likeness (QED) is 0.396. The number of allylic oxidation sites excluding steroid dienone is 1. The Bertz CT molecular complexity index is 1140. The molecule has 3 aromatic carbocycles. The number of methoxy groups -OCH3 is 1. The molecular formula is C26H22O5. The number of hydrogen-bond donors (Lipinski definition) is 0. The molecule has 0 amide bonds. The third kappa shape index (κ3) is 4.51. The molecule has 0 spiro atoms. The highest BCUT2D eigenvalue weighted by atomic mass is 16.5. The van der Waals surface area contributed by atoms with Crippen molar-refractivity contribution in [2.45, 2.75) is 13.3 Å². The highest BCUT2D eigenvalue weighted by Gasteiger charge is 2.27. The van der Waals surface area contributed by atoms with Crippen LogP contribution in [0.15, 0.2) is 72.5 Å². The van der Waals surface area contributed by atoms with Gasteiger partial charge < -0.3 is 14.2 Å². The largest absolute Gasteiger partial charge is 0.497 e. The Balaban J connectivity index is 1.43. The fraction of sp³-hybridized carbons (Fsp3) is 0.154. The molecule has 1 aliphatic heterocycles. The minimum atomic E-state index is -0.171. The van der Waals surface area contributed by atoms with Crippen LogP contribution < -0.4 is 14.2 Å². The van der Waals surface area contributed by atoms with Gasteiger partial charge in [0.15, 0.2) is 18.1 Å². The summed E-state index contributed by atoms with van der Waals surface area (Å²) in [5.41, 5.74) is 3.14. The van der Waals surface area contributed by atoms with E-state index in [0.717, 1.165) is 12.0 Å². The highest BCUT2D eigenvalue weighted by Crippen LogP contribution is 2.35. The van der Waals surface area contributed by atoms with Crippen LogP contribution in [-0.4, -0.2) is 25.3 Å². The molecule has 0 bridgehead atoms. The molecule has 5 heteroatoms. The molecule has 0 aliphatic carbocycles. The number of Topliss-reactive ketones (excluding diaryl/α,β-unsaturated/α-hetero) is 2. The molecule has 0 aromatic heterocycles. The number of carbonyl (C=O) groups is 2. The Hall–Kier alpha value is -3.86. The number of carbonyl (C=O) groups excluding carboxylic acids is 2. The van der Waals surface area contributed by atoms with Crippen LogP contribution in [0, 0.1) is 0 Å². The van der Waals surface area contributed by atoms with E-state index in [1.807, 2.05) is 24.3 Å². The van der Waals surface area contributed by atoms with Gasteiger partial charge in [0.2, 0.25) is 5.78 Å². The van der Waals surface area contributed by atoms with Gasteiger partial charge in [0.25, 0.3) is 0 Å². The van der Waals surface area contributed by atoms with E-state index in [1.54, 1.807) is 55.7 Å². The van der Waals surface area contributed by atoms with Crippen LogP contribution in [0.3, 0.4) is 0 Å². The molecule has 0 N–H and O–H groups in total. The number of benzene rings is 3. The number of hydrogen-bond acceptors (Lipinski definition) is 5. The second kappa shape index (κ2) is 8.88. The van der Waals surface area contributed by atoms with E-state index in [9.17, 15) is 9.59 Å². The molecule has 1 heterocycles. The Kier molecular flexibility index (Phi) is 5.85. The first-order valence-electron chi connectivity index (χ1n) is 10.0. The van der Waals surface area contributed by atoms with Gasteiger partial charge in [-0.2, -0.15) is 0 Å². The lowest BCUT2D eigenvalue weighted by Gasteiger charge is -2.07. The van der Waals surface area contributed by atoms with Gasteiger partial charge in [-0.3, -0.25) is 9.59 Å². The highest BCUT2D eigenvalue weighted by molar-refractivity contribution is 6.14. The van der Waals surface area contributed by atoms with E-state index in [-0.39, 0.29) is 23.9 Å². The number of ketones is 2. The van der Waals surface area contributed by atoms with Gasteiger partial charge in [-0.05, 0) is 60.0 Å². The summed E-state index contributed by atoms with van der Waals surface area (Å²) in [6.07, 6.45) is 2.69. The molecule has 0 fully saturated rings. The van der Waals surface area contributed by atoms with E-state index >= 15 is 0 Å². The molecule has 0 atom stereocenters. The van der Waals surface area contributed by atoms with E-state index in [4.69, 9.17) is 14.2 Å². The van der Waals surface area contributed by atoms with Gasteiger partial charge in [-0.15, -0.1) is 0 Å². The lowest BCUT2D eigenvalue weighted by Crippen LogP contribution is -2.11. The zero-order valence-corrected chi connectivity index (χ0v) is 17.4. The van der Waals surface area contributed by atoms with Gasteiger partial charge in [-0.25, -0.2) is 0 Å². The molecular weight excluding hydrogens is 392 g/mol. The Morgan fingerprint density at radius 1 is 0.968 bits per heavy atom. The van der Waals surface area contributed by atoms with Crippen molar-refractivity contribution >= 4 is 17.6 Å². The van der Waals surface area contributed by atoms with Crippen LogP contribution in [0.1, 0.15) is 38.8 Å². The standard InChI is InChI=1S/C26H22O5/c1-3-17-4-6-18(7-5-17)14-25-26(28)22-13-12-21(15-24(22)31-25)30-16-23(27)19-8-10-20(29-2)11-9-19/h4-15H,3,16H2,1-2H3. The second-order valence-corrected chi connectivity index (χ2v) is 7.13. The fourth-order valence-corrected chi connectivity index (χ4v) is 3.27. The molecule has 0 unspecified atom stereocenters. The molecule has 4 rings (SSSR count). The molecule has 156 valence electrons. The summed E-state index contributed by atoms with van der Waals surface area (Å²) in [7, 11) is 1.57. The Morgan fingerprint density at radius 3 is 2.35 bits per heavy atom. The Labute approximate surface area is 180 Å². The first kappa shape index (κ1) is 20.4. The molecule has 0 saturated heterocycles.